The Balaban J connectivity index is 5.22. The van der Waals surface area contributed by atoms with Crippen LogP contribution in [0.3, 0.4) is 0 Å². The van der Waals surface area contributed by atoms with Crippen LogP contribution in [0.25, 0.3) is 0 Å². The van der Waals surface area contributed by atoms with Gasteiger partial charge in [0.25, 0.3) is 0 Å². The Morgan fingerprint density at radius 1 is 0.500 bits per heavy atom. The van der Waals surface area contributed by atoms with E-state index in [1.54, 1.807) is 0 Å². The highest BCUT2D eigenvalue weighted by molar-refractivity contribution is 6.36. The predicted octanol–water partition coefficient (Wildman–Crippen LogP) is 5.49. The second kappa shape index (κ2) is 9.41. The predicted molar refractivity (Wildman–Crippen MR) is 97.4 cm³/mol. The second-order valence-corrected chi connectivity index (χ2v) is 8.40. The topological polar surface area (TPSA) is 27.7 Å². The summed E-state index contributed by atoms with van der Waals surface area (Å²) in [4.78, 5) is 0. The van der Waals surface area contributed by atoms with Gasteiger partial charge in [0.1, 0.15) is 0 Å². The molecule has 3 nitrogen and oxygen atoms in total. The molecule has 0 spiro atoms. The molecule has 0 fully saturated rings. The monoisotopic (exact) mass is 332 g/mol. The van der Waals surface area contributed by atoms with Crippen molar-refractivity contribution < 1.29 is 13.3 Å². The lowest BCUT2D eigenvalue weighted by molar-refractivity contribution is -0.0836. The van der Waals surface area contributed by atoms with Crippen molar-refractivity contribution in [3.05, 3.63) is 0 Å². The SMILES string of the molecule is CCC(C)(CC)O[SiH](OC(C)(CC)CC)OC(C)(CC)CC. The first kappa shape index (κ1) is 22.1. The van der Waals surface area contributed by atoms with E-state index >= 15 is 0 Å². The summed E-state index contributed by atoms with van der Waals surface area (Å²) in [6, 6.07) is 0. The minimum Gasteiger partial charge on any atom is -0.370 e. The van der Waals surface area contributed by atoms with Crippen LogP contribution in [-0.4, -0.2) is 26.3 Å². The molecule has 0 aliphatic heterocycles. The Labute approximate surface area is 141 Å². The Morgan fingerprint density at radius 2 is 0.682 bits per heavy atom. The maximum absolute atomic E-state index is 6.43. The molecule has 134 valence electrons. The van der Waals surface area contributed by atoms with E-state index in [-0.39, 0.29) is 16.8 Å². The van der Waals surface area contributed by atoms with Gasteiger partial charge in [0.2, 0.25) is 0 Å². The molecule has 0 atom stereocenters. The van der Waals surface area contributed by atoms with E-state index < -0.39 is 9.53 Å². The van der Waals surface area contributed by atoms with Crippen LogP contribution in [0.4, 0.5) is 0 Å². The Hall–Kier alpha value is 0.0969. The van der Waals surface area contributed by atoms with Gasteiger partial charge in [0.15, 0.2) is 0 Å². The molecule has 0 aromatic rings. The van der Waals surface area contributed by atoms with E-state index in [4.69, 9.17) is 13.3 Å². The number of rotatable bonds is 12. The number of hydrogen-bond donors (Lipinski definition) is 0. The summed E-state index contributed by atoms with van der Waals surface area (Å²) in [7, 11) is -2.21. The van der Waals surface area contributed by atoms with Gasteiger partial charge in [-0.1, -0.05) is 41.5 Å². The van der Waals surface area contributed by atoms with E-state index in [0.29, 0.717) is 0 Å². The maximum Gasteiger partial charge on any atom is 0.485 e. The smallest absolute Gasteiger partial charge is 0.370 e. The van der Waals surface area contributed by atoms with Crippen molar-refractivity contribution in [2.75, 3.05) is 0 Å². The molecule has 0 heterocycles. The standard InChI is InChI=1S/C18H40O3Si/c1-10-16(7,11-2)19-22(20-17(8,12-3)13-4)21-18(9,14-5)15-6/h22H,10-15H2,1-9H3. The van der Waals surface area contributed by atoms with Gasteiger partial charge >= 0.3 is 9.53 Å². The molecule has 0 rings (SSSR count). The third-order valence-corrected chi connectivity index (χ3v) is 7.91. The highest BCUT2D eigenvalue weighted by Gasteiger charge is 2.38. The van der Waals surface area contributed by atoms with Crippen molar-refractivity contribution in [3.8, 4) is 0 Å². The summed E-state index contributed by atoms with van der Waals surface area (Å²) >= 11 is 0. The van der Waals surface area contributed by atoms with Crippen molar-refractivity contribution >= 4 is 9.53 Å². The first-order valence-corrected chi connectivity index (χ1v) is 10.6. The fraction of sp³-hybridized carbons (Fsp3) is 1.00. The van der Waals surface area contributed by atoms with Crippen molar-refractivity contribution in [1.82, 2.24) is 0 Å². The van der Waals surface area contributed by atoms with Crippen molar-refractivity contribution in [3.63, 3.8) is 0 Å². The molecule has 0 amide bonds. The van der Waals surface area contributed by atoms with Crippen molar-refractivity contribution in [1.29, 1.82) is 0 Å². The first-order valence-electron chi connectivity index (χ1n) is 9.18. The fourth-order valence-corrected chi connectivity index (χ4v) is 4.56. The fourth-order valence-electron chi connectivity index (χ4n) is 2.02. The molecule has 22 heavy (non-hydrogen) atoms. The van der Waals surface area contributed by atoms with Crippen LogP contribution in [0.1, 0.15) is 101 Å². The quantitative estimate of drug-likeness (QED) is 0.442. The Morgan fingerprint density at radius 3 is 0.818 bits per heavy atom. The molecule has 0 unspecified atom stereocenters. The van der Waals surface area contributed by atoms with Crippen LogP contribution in [0.2, 0.25) is 0 Å². The van der Waals surface area contributed by atoms with E-state index in [0.717, 1.165) is 38.5 Å². The molecular formula is C18H40O3Si. The molecule has 0 bridgehead atoms. The highest BCUT2D eigenvalue weighted by atomic mass is 28.3. The minimum atomic E-state index is -2.21. The van der Waals surface area contributed by atoms with Crippen LogP contribution in [0.15, 0.2) is 0 Å². The third kappa shape index (κ3) is 6.69. The van der Waals surface area contributed by atoms with Crippen molar-refractivity contribution in [2.24, 2.45) is 0 Å². The van der Waals surface area contributed by atoms with E-state index in [1.165, 1.54) is 0 Å². The van der Waals surface area contributed by atoms with E-state index in [1.807, 2.05) is 0 Å². The average molecular weight is 333 g/mol. The van der Waals surface area contributed by atoms with Crippen LogP contribution < -0.4 is 0 Å². The molecule has 0 radical (unpaired) electrons. The van der Waals surface area contributed by atoms with Crippen LogP contribution in [0, 0.1) is 0 Å². The second-order valence-electron chi connectivity index (χ2n) is 7.11. The average Bonchev–Trinajstić information content (AvgIpc) is 2.54. The molecule has 0 aliphatic rings. The normalized spacial score (nSPS) is 13.9. The van der Waals surface area contributed by atoms with Crippen LogP contribution in [-0.2, 0) is 13.3 Å². The largest absolute Gasteiger partial charge is 0.485 e. The van der Waals surface area contributed by atoms with Gasteiger partial charge in [-0.2, -0.15) is 0 Å². The van der Waals surface area contributed by atoms with Crippen molar-refractivity contribution in [2.45, 2.75) is 118 Å². The first-order chi connectivity index (χ1) is 10.1. The third-order valence-electron chi connectivity index (χ3n) is 5.63. The number of hydrogen-bond acceptors (Lipinski definition) is 3. The zero-order valence-corrected chi connectivity index (χ0v) is 17.7. The summed E-state index contributed by atoms with van der Waals surface area (Å²) in [5.74, 6) is 0. The van der Waals surface area contributed by atoms with E-state index in [2.05, 4.69) is 62.3 Å². The molecule has 0 aromatic carbocycles. The van der Waals surface area contributed by atoms with Gasteiger partial charge in [-0.25, -0.2) is 0 Å². The van der Waals surface area contributed by atoms with Gasteiger partial charge in [-0.15, -0.1) is 0 Å². The lowest BCUT2D eigenvalue weighted by atomic mass is 10.0. The van der Waals surface area contributed by atoms with Crippen LogP contribution in [0.5, 0.6) is 0 Å². The molecule has 0 saturated carbocycles. The molecule has 0 aliphatic carbocycles. The summed E-state index contributed by atoms with van der Waals surface area (Å²) in [5.41, 5.74) is -0.453. The summed E-state index contributed by atoms with van der Waals surface area (Å²) < 4.78 is 19.3. The highest BCUT2D eigenvalue weighted by Crippen LogP contribution is 2.30. The molecule has 0 aromatic heterocycles. The molecular weight excluding hydrogens is 292 g/mol. The van der Waals surface area contributed by atoms with Gasteiger partial charge in [0, 0.05) is 0 Å². The minimum absolute atomic E-state index is 0.151. The van der Waals surface area contributed by atoms with Gasteiger partial charge < -0.3 is 13.3 Å². The Kier molecular flexibility index (Phi) is 9.45. The summed E-state index contributed by atoms with van der Waals surface area (Å²) in [5, 5.41) is 0. The van der Waals surface area contributed by atoms with Gasteiger partial charge in [-0.05, 0) is 59.3 Å². The Bertz CT molecular complexity index is 247. The van der Waals surface area contributed by atoms with E-state index in [9.17, 15) is 0 Å². The maximum atomic E-state index is 6.43. The van der Waals surface area contributed by atoms with Gasteiger partial charge in [-0.3, -0.25) is 0 Å². The molecule has 0 N–H and O–H groups in total. The summed E-state index contributed by atoms with van der Waals surface area (Å²) in [6.07, 6.45) is 5.86. The molecule has 4 heteroatoms. The van der Waals surface area contributed by atoms with Crippen LogP contribution >= 0.6 is 0 Å². The lowest BCUT2D eigenvalue weighted by Crippen LogP contribution is -2.48. The van der Waals surface area contributed by atoms with Gasteiger partial charge in [0.05, 0.1) is 16.8 Å². The zero-order valence-electron chi connectivity index (χ0n) is 16.5. The lowest BCUT2D eigenvalue weighted by Gasteiger charge is -2.40. The molecule has 0 saturated heterocycles. The summed E-state index contributed by atoms with van der Waals surface area (Å²) in [6.45, 7) is 19.6. The zero-order chi connectivity index (χ0) is 17.4.